The maximum absolute atomic E-state index is 12.6. The van der Waals surface area contributed by atoms with Gasteiger partial charge in [-0.05, 0) is 43.2 Å². The van der Waals surface area contributed by atoms with Crippen LogP contribution in [0.15, 0.2) is 41.0 Å². The molecule has 3 rings (SSSR count). The fourth-order valence-electron chi connectivity index (χ4n) is 2.58. The Morgan fingerprint density at radius 1 is 1.29 bits per heavy atom. The minimum Gasteiger partial charge on any atom is -0.467 e. The number of likely N-dealkylation sites (tertiary alicyclic amines) is 1. The van der Waals surface area contributed by atoms with Gasteiger partial charge < -0.3 is 20.4 Å². The van der Waals surface area contributed by atoms with E-state index in [1.807, 2.05) is 23.1 Å². The standard InChI is InChI=1S/C16H19N3O2/c17-12-5-6-15(18-11-13-4-3-9-21-13)14(10-12)16(20)19-7-1-2-8-19/h3-6,9-10,18H,1-2,7-8,11,17H2. The maximum atomic E-state index is 12.6. The van der Waals surface area contributed by atoms with Crippen LogP contribution < -0.4 is 11.1 Å². The lowest BCUT2D eigenvalue weighted by Crippen LogP contribution is -2.28. The molecule has 0 radical (unpaired) electrons. The van der Waals surface area contributed by atoms with Crippen LogP contribution in [0.1, 0.15) is 29.0 Å². The summed E-state index contributed by atoms with van der Waals surface area (Å²) in [6.45, 7) is 2.19. The molecule has 0 unspecified atom stereocenters. The van der Waals surface area contributed by atoms with E-state index in [0.717, 1.165) is 37.4 Å². The van der Waals surface area contributed by atoms with Gasteiger partial charge in [0.05, 0.1) is 18.4 Å². The summed E-state index contributed by atoms with van der Waals surface area (Å²) in [6, 6.07) is 9.13. The summed E-state index contributed by atoms with van der Waals surface area (Å²) in [4.78, 5) is 14.5. The van der Waals surface area contributed by atoms with Crippen LogP contribution in [0, 0.1) is 0 Å². The number of hydrogen-bond acceptors (Lipinski definition) is 4. The molecule has 1 amide bonds. The largest absolute Gasteiger partial charge is 0.467 e. The van der Waals surface area contributed by atoms with E-state index in [1.54, 1.807) is 18.4 Å². The molecule has 0 aliphatic carbocycles. The number of carbonyl (C=O) groups excluding carboxylic acids is 1. The van der Waals surface area contributed by atoms with Crippen molar-refractivity contribution in [1.82, 2.24) is 4.90 Å². The van der Waals surface area contributed by atoms with E-state index >= 15 is 0 Å². The first-order valence-electron chi connectivity index (χ1n) is 7.19. The van der Waals surface area contributed by atoms with Crippen LogP contribution >= 0.6 is 0 Å². The molecule has 0 bridgehead atoms. The van der Waals surface area contributed by atoms with Crippen LogP contribution in [0.2, 0.25) is 0 Å². The molecule has 1 fully saturated rings. The molecule has 0 atom stereocenters. The topological polar surface area (TPSA) is 71.5 Å². The molecule has 0 spiro atoms. The van der Waals surface area contributed by atoms with Crippen molar-refractivity contribution in [3.8, 4) is 0 Å². The molecule has 1 aliphatic heterocycles. The van der Waals surface area contributed by atoms with E-state index in [0.29, 0.717) is 17.8 Å². The van der Waals surface area contributed by atoms with Crippen LogP contribution in [-0.4, -0.2) is 23.9 Å². The van der Waals surface area contributed by atoms with Crippen molar-refractivity contribution >= 4 is 17.3 Å². The number of anilines is 2. The van der Waals surface area contributed by atoms with E-state index in [2.05, 4.69) is 5.32 Å². The predicted octanol–water partition coefficient (Wildman–Crippen LogP) is 2.71. The molecule has 2 aromatic rings. The lowest BCUT2D eigenvalue weighted by molar-refractivity contribution is 0.0794. The number of nitrogen functional groups attached to an aromatic ring is 1. The summed E-state index contributed by atoms with van der Waals surface area (Å²) in [6.07, 6.45) is 3.78. The Bertz CT molecular complexity index is 616. The van der Waals surface area contributed by atoms with Crippen LogP contribution in [0.4, 0.5) is 11.4 Å². The minimum atomic E-state index is 0.0433. The Kier molecular flexibility index (Phi) is 3.81. The van der Waals surface area contributed by atoms with Gasteiger partial charge in [0, 0.05) is 24.5 Å². The van der Waals surface area contributed by atoms with Crippen LogP contribution in [0.3, 0.4) is 0 Å². The lowest BCUT2D eigenvalue weighted by atomic mass is 10.1. The van der Waals surface area contributed by atoms with Gasteiger partial charge in [0.1, 0.15) is 5.76 Å². The fourth-order valence-corrected chi connectivity index (χ4v) is 2.58. The van der Waals surface area contributed by atoms with E-state index in [-0.39, 0.29) is 5.91 Å². The van der Waals surface area contributed by atoms with Crippen LogP contribution in [-0.2, 0) is 6.54 Å². The summed E-state index contributed by atoms with van der Waals surface area (Å²) >= 11 is 0. The monoisotopic (exact) mass is 285 g/mol. The molecule has 1 aliphatic rings. The zero-order valence-electron chi connectivity index (χ0n) is 11.8. The molecule has 1 saturated heterocycles. The molecule has 1 aromatic heterocycles. The number of rotatable bonds is 4. The van der Waals surface area contributed by atoms with Gasteiger partial charge in [-0.2, -0.15) is 0 Å². The van der Waals surface area contributed by atoms with Crippen molar-refractivity contribution in [2.45, 2.75) is 19.4 Å². The molecule has 110 valence electrons. The van der Waals surface area contributed by atoms with Gasteiger partial charge in [0.15, 0.2) is 0 Å². The first-order valence-corrected chi connectivity index (χ1v) is 7.19. The van der Waals surface area contributed by atoms with Gasteiger partial charge >= 0.3 is 0 Å². The Morgan fingerprint density at radius 2 is 2.10 bits per heavy atom. The SMILES string of the molecule is Nc1ccc(NCc2ccco2)c(C(=O)N2CCCC2)c1. The summed E-state index contributed by atoms with van der Waals surface area (Å²) in [5.41, 5.74) is 7.85. The summed E-state index contributed by atoms with van der Waals surface area (Å²) in [5, 5.41) is 3.25. The van der Waals surface area contributed by atoms with E-state index in [9.17, 15) is 4.79 Å². The molecule has 1 aromatic carbocycles. The molecular weight excluding hydrogens is 266 g/mol. The molecule has 5 nitrogen and oxygen atoms in total. The Morgan fingerprint density at radius 3 is 2.81 bits per heavy atom. The summed E-state index contributed by atoms with van der Waals surface area (Å²) in [7, 11) is 0. The van der Waals surface area contributed by atoms with Gasteiger partial charge in [-0.25, -0.2) is 0 Å². The summed E-state index contributed by atoms with van der Waals surface area (Å²) < 4.78 is 5.30. The third-order valence-corrected chi connectivity index (χ3v) is 3.70. The summed E-state index contributed by atoms with van der Waals surface area (Å²) in [5.74, 6) is 0.869. The second-order valence-corrected chi connectivity index (χ2v) is 5.24. The Balaban J connectivity index is 1.80. The van der Waals surface area contributed by atoms with Crippen molar-refractivity contribution in [3.05, 3.63) is 47.9 Å². The zero-order valence-corrected chi connectivity index (χ0v) is 11.8. The van der Waals surface area contributed by atoms with Crippen LogP contribution in [0.25, 0.3) is 0 Å². The highest BCUT2D eigenvalue weighted by Gasteiger charge is 2.22. The van der Waals surface area contributed by atoms with Gasteiger partial charge in [-0.1, -0.05) is 0 Å². The molecule has 2 heterocycles. The number of nitrogens with zero attached hydrogens (tertiary/aromatic N) is 1. The molecule has 0 saturated carbocycles. The minimum absolute atomic E-state index is 0.0433. The predicted molar refractivity (Wildman–Crippen MR) is 82.0 cm³/mol. The van der Waals surface area contributed by atoms with Gasteiger partial charge in [0.25, 0.3) is 5.91 Å². The number of nitrogens with one attached hydrogen (secondary N) is 1. The lowest BCUT2D eigenvalue weighted by Gasteiger charge is -2.18. The van der Waals surface area contributed by atoms with Crippen molar-refractivity contribution in [2.24, 2.45) is 0 Å². The number of amides is 1. The Hall–Kier alpha value is -2.43. The Labute approximate surface area is 123 Å². The first-order chi connectivity index (χ1) is 10.2. The zero-order chi connectivity index (χ0) is 14.7. The molecule has 3 N–H and O–H groups in total. The highest BCUT2D eigenvalue weighted by Crippen LogP contribution is 2.23. The highest BCUT2D eigenvalue weighted by atomic mass is 16.3. The van der Waals surface area contributed by atoms with Crippen molar-refractivity contribution < 1.29 is 9.21 Å². The third-order valence-electron chi connectivity index (χ3n) is 3.70. The molecule has 21 heavy (non-hydrogen) atoms. The second kappa shape index (κ2) is 5.91. The average molecular weight is 285 g/mol. The second-order valence-electron chi connectivity index (χ2n) is 5.24. The van der Waals surface area contributed by atoms with Gasteiger partial charge in [-0.3, -0.25) is 4.79 Å². The van der Waals surface area contributed by atoms with Gasteiger partial charge in [-0.15, -0.1) is 0 Å². The number of benzene rings is 1. The van der Waals surface area contributed by atoms with Crippen LogP contribution in [0.5, 0.6) is 0 Å². The van der Waals surface area contributed by atoms with Crippen molar-refractivity contribution in [1.29, 1.82) is 0 Å². The van der Waals surface area contributed by atoms with E-state index < -0.39 is 0 Å². The number of furan rings is 1. The number of hydrogen-bond donors (Lipinski definition) is 2. The van der Waals surface area contributed by atoms with Crippen molar-refractivity contribution in [3.63, 3.8) is 0 Å². The number of nitrogens with two attached hydrogens (primary N) is 1. The molecular formula is C16H19N3O2. The number of carbonyl (C=O) groups is 1. The quantitative estimate of drug-likeness (QED) is 0.847. The molecule has 5 heteroatoms. The third kappa shape index (κ3) is 3.02. The van der Waals surface area contributed by atoms with E-state index in [4.69, 9.17) is 10.2 Å². The normalized spacial score (nSPS) is 14.4. The van der Waals surface area contributed by atoms with Gasteiger partial charge in [0.2, 0.25) is 0 Å². The van der Waals surface area contributed by atoms with E-state index in [1.165, 1.54) is 0 Å². The highest BCUT2D eigenvalue weighted by molar-refractivity contribution is 6.00. The maximum Gasteiger partial charge on any atom is 0.256 e. The van der Waals surface area contributed by atoms with Crippen molar-refractivity contribution in [2.75, 3.05) is 24.1 Å². The first kappa shape index (κ1) is 13.5. The smallest absolute Gasteiger partial charge is 0.256 e. The fraction of sp³-hybridized carbons (Fsp3) is 0.312. The average Bonchev–Trinajstić information content (AvgIpc) is 3.18.